The summed E-state index contributed by atoms with van der Waals surface area (Å²) < 4.78 is 1.12. The zero-order valence-corrected chi connectivity index (χ0v) is 10.9. The normalized spacial score (nSPS) is 11.7. The quantitative estimate of drug-likeness (QED) is 0.788. The predicted octanol–water partition coefficient (Wildman–Crippen LogP) is 4.24. The minimum Gasteiger partial charge on any atom is -0.261 e. The van der Waals surface area contributed by atoms with Gasteiger partial charge in [-0.25, -0.2) is 0 Å². The van der Waals surface area contributed by atoms with Crippen LogP contribution in [0.4, 0.5) is 0 Å². The van der Waals surface area contributed by atoms with Gasteiger partial charge in [-0.2, -0.15) is 0 Å². The molecular formula is C12H18BrN. The van der Waals surface area contributed by atoms with E-state index in [1.165, 1.54) is 5.69 Å². The molecule has 0 saturated heterocycles. The van der Waals surface area contributed by atoms with Gasteiger partial charge in [-0.15, -0.1) is 0 Å². The average molecular weight is 256 g/mol. The Kier molecular flexibility index (Phi) is 4.11. The number of halogens is 1. The highest BCUT2D eigenvalue weighted by molar-refractivity contribution is 9.10. The van der Waals surface area contributed by atoms with E-state index in [0.717, 1.165) is 4.47 Å². The van der Waals surface area contributed by atoms with Crippen LogP contribution < -0.4 is 0 Å². The van der Waals surface area contributed by atoms with Crippen LogP contribution in [-0.4, -0.2) is 4.98 Å². The van der Waals surface area contributed by atoms with Gasteiger partial charge >= 0.3 is 0 Å². The highest BCUT2D eigenvalue weighted by Gasteiger charge is 2.20. The molecule has 0 bridgehead atoms. The highest BCUT2D eigenvalue weighted by Crippen LogP contribution is 2.31. The van der Waals surface area contributed by atoms with Crippen LogP contribution in [0.15, 0.2) is 22.8 Å². The van der Waals surface area contributed by atoms with Gasteiger partial charge < -0.3 is 0 Å². The minimum atomic E-state index is 0.549. The Balaban J connectivity index is 2.99. The largest absolute Gasteiger partial charge is 0.261 e. The Morgan fingerprint density at radius 3 is 2.14 bits per heavy atom. The Labute approximate surface area is 95.1 Å². The molecule has 0 saturated carbocycles. The van der Waals surface area contributed by atoms with E-state index in [-0.39, 0.29) is 0 Å². The van der Waals surface area contributed by atoms with Crippen LogP contribution in [0, 0.1) is 11.8 Å². The Morgan fingerprint density at radius 1 is 1.14 bits per heavy atom. The van der Waals surface area contributed by atoms with Crippen LogP contribution in [0.1, 0.15) is 39.3 Å². The van der Waals surface area contributed by atoms with Crippen LogP contribution in [-0.2, 0) is 0 Å². The summed E-state index contributed by atoms with van der Waals surface area (Å²) >= 11 is 3.49. The zero-order chi connectivity index (χ0) is 10.7. The SMILES string of the molecule is CC(C)C(c1cc(Br)ccn1)C(C)C. The molecule has 0 N–H and O–H groups in total. The lowest BCUT2D eigenvalue weighted by Gasteiger charge is -2.24. The third-order valence-electron chi connectivity index (χ3n) is 2.52. The Morgan fingerprint density at radius 2 is 1.71 bits per heavy atom. The Hall–Kier alpha value is -0.370. The van der Waals surface area contributed by atoms with Crippen molar-refractivity contribution >= 4 is 15.9 Å². The van der Waals surface area contributed by atoms with E-state index in [4.69, 9.17) is 0 Å². The molecule has 1 nitrogen and oxygen atoms in total. The average Bonchev–Trinajstić information content (AvgIpc) is 2.02. The van der Waals surface area contributed by atoms with Crippen molar-refractivity contribution in [2.75, 3.05) is 0 Å². The number of aromatic nitrogens is 1. The van der Waals surface area contributed by atoms with E-state index in [1.807, 2.05) is 12.3 Å². The molecule has 0 unspecified atom stereocenters. The molecule has 0 aliphatic rings. The number of pyridine rings is 1. The summed E-state index contributed by atoms with van der Waals surface area (Å²) in [5.41, 5.74) is 1.20. The number of rotatable bonds is 3. The van der Waals surface area contributed by atoms with Gasteiger partial charge in [-0.3, -0.25) is 4.98 Å². The molecule has 2 heteroatoms. The lowest BCUT2D eigenvalue weighted by atomic mass is 9.83. The molecule has 14 heavy (non-hydrogen) atoms. The maximum absolute atomic E-state index is 4.45. The molecule has 0 amide bonds. The van der Waals surface area contributed by atoms with Crippen molar-refractivity contribution in [1.82, 2.24) is 4.98 Å². The second-order valence-electron chi connectivity index (χ2n) is 4.41. The van der Waals surface area contributed by atoms with Crippen LogP contribution >= 0.6 is 15.9 Å². The van der Waals surface area contributed by atoms with Crippen LogP contribution in [0.5, 0.6) is 0 Å². The van der Waals surface area contributed by atoms with Gasteiger partial charge in [0.1, 0.15) is 0 Å². The summed E-state index contributed by atoms with van der Waals surface area (Å²) in [4.78, 5) is 4.45. The van der Waals surface area contributed by atoms with Crippen molar-refractivity contribution < 1.29 is 0 Å². The van der Waals surface area contributed by atoms with Crippen molar-refractivity contribution in [2.24, 2.45) is 11.8 Å². The molecule has 0 radical (unpaired) electrons. The fraction of sp³-hybridized carbons (Fsp3) is 0.583. The van der Waals surface area contributed by atoms with E-state index >= 15 is 0 Å². The first-order chi connectivity index (χ1) is 6.52. The van der Waals surface area contributed by atoms with Gasteiger partial charge in [0.15, 0.2) is 0 Å². The molecule has 0 fully saturated rings. The molecule has 78 valence electrons. The molecule has 0 aromatic carbocycles. The van der Waals surface area contributed by atoms with Gasteiger partial charge in [-0.1, -0.05) is 43.6 Å². The maximum atomic E-state index is 4.45. The van der Waals surface area contributed by atoms with E-state index < -0.39 is 0 Å². The number of hydrogen-bond donors (Lipinski definition) is 0. The standard InChI is InChI=1S/C12H18BrN/c1-8(2)12(9(3)4)11-7-10(13)5-6-14-11/h5-9,12H,1-4H3. The summed E-state index contributed by atoms with van der Waals surface area (Å²) in [5, 5.41) is 0. The summed E-state index contributed by atoms with van der Waals surface area (Å²) in [6.07, 6.45) is 1.87. The second kappa shape index (κ2) is 4.92. The fourth-order valence-electron chi connectivity index (χ4n) is 2.06. The molecule has 0 atom stereocenters. The van der Waals surface area contributed by atoms with Crippen LogP contribution in [0.3, 0.4) is 0 Å². The van der Waals surface area contributed by atoms with Crippen LogP contribution in [0.2, 0.25) is 0 Å². The lowest BCUT2D eigenvalue weighted by molar-refractivity contribution is 0.380. The topological polar surface area (TPSA) is 12.9 Å². The predicted molar refractivity (Wildman–Crippen MR) is 64.4 cm³/mol. The van der Waals surface area contributed by atoms with Crippen LogP contribution in [0.25, 0.3) is 0 Å². The van der Waals surface area contributed by atoms with Gasteiger partial charge in [0, 0.05) is 22.3 Å². The van der Waals surface area contributed by atoms with Crippen molar-refractivity contribution in [2.45, 2.75) is 33.6 Å². The van der Waals surface area contributed by atoms with E-state index in [1.54, 1.807) is 0 Å². The maximum Gasteiger partial charge on any atom is 0.0450 e. The van der Waals surface area contributed by atoms with Crippen molar-refractivity contribution in [3.63, 3.8) is 0 Å². The number of hydrogen-bond acceptors (Lipinski definition) is 1. The smallest absolute Gasteiger partial charge is 0.0450 e. The van der Waals surface area contributed by atoms with Crippen molar-refractivity contribution in [3.8, 4) is 0 Å². The first kappa shape index (κ1) is 11.7. The van der Waals surface area contributed by atoms with E-state index in [2.05, 4.69) is 54.7 Å². The summed E-state index contributed by atoms with van der Waals surface area (Å²) in [6, 6.07) is 4.10. The summed E-state index contributed by atoms with van der Waals surface area (Å²) in [6.45, 7) is 9.03. The first-order valence-electron chi connectivity index (χ1n) is 5.13. The summed E-state index contributed by atoms with van der Waals surface area (Å²) in [7, 11) is 0. The fourth-order valence-corrected chi connectivity index (χ4v) is 2.41. The third kappa shape index (κ3) is 2.81. The first-order valence-corrected chi connectivity index (χ1v) is 5.93. The second-order valence-corrected chi connectivity index (χ2v) is 5.33. The van der Waals surface area contributed by atoms with Crippen molar-refractivity contribution in [3.05, 3.63) is 28.5 Å². The number of nitrogens with zero attached hydrogens (tertiary/aromatic N) is 1. The molecule has 1 heterocycles. The molecule has 1 rings (SSSR count). The third-order valence-corrected chi connectivity index (χ3v) is 3.01. The van der Waals surface area contributed by atoms with E-state index in [0.29, 0.717) is 17.8 Å². The molecule has 0 aliphatic heterocycles. The highest BCUT2D eigenvalue weighted by atomic mass is 79.9. The monoisotopic (exact) mass is 255 g/mol. The molecule has 0 spiro atoms. The zero-order valence-electron chi connectivity index (χ0n) is 9.29. The summed E-state index contributed by atoms with van der Waals surface area (Å²) in [5.74, 6) is 1.82. The molecule has 0 aliphatic carbocycles. The van der Waals surface area contributed by atoms with Gasteiger partial charge in [0.25, 0.3) is 0 Å². The van der Waals surface area contributed by atoms with Gasteiger partial charge in [0.05, 0.1) is 0 Å². The minimum absolute atomic E-state index is 0.549. The van der Waals surface area contributed by atoms with E-state index in [9.17, 15) is 0 Å². The molecular weight excluding hydrogens is 238 g/mol. The Bertz CT molecular complexity index is 286. The lowest BCUT2D eigenvalue weighted by Crippen LogP contribution is -2.14. The van der Waals surface area contributed by atoms with Crippen molar-refractivity contribution in [1.29, 1.82) is 0 Å². The van der Waals surface area contributed by atoms with Gasteiger partial charge in [0.2, 0.25) is 0 Å². The molecule has 1 aromatic heterocycles. The van der Waals surface area contributed by atoms with Gasteiger partial charge in [-0.05, 0) is 24.0 Å². The molecule has 1 aromatic rings.